The minimum absolute atomic E-state index is 0.378. The van der Waals surface area contributed by atoms with E-state index in [0.717, 1.165) is 10.9 Å². The van der Waals surface area contributed by atoms with E-state index in [1.54, 1.807) is 42.5 Å². The molecule has 0 bridgehead atoms. The Kier molecular flexibility index (Phi) is 4.77. The maximum absolute atomic E-state index is 9.46. The summed E-state index contributed by atoms with van der Waals surface area (Å²) < 4.78 is 11.7. The molecule has 0 spiro atoms. The van der Waals surface area contributed by atoms with Crippen LogP contribution in [0.15, 0.2) is 78.9 Å². The van der Waals surface area contributed by atoms with Crippen molar-refractivity contribution in [2.45, 2.75) is 6.61 Å². The van der Waals surface area contributed by atoms with E-state index in [9.17, 15) is 5.26 Å². The Morgan fingerprint density at radius 2 is 1.71 bits per heavy atom. The van der Waals surface area contributed by atoms with E-state index in [0.29, 0.717) is 40.8 Å². The van der Waals surface area contributed by atoms with Crippen LogP contribution in [0.3, 0.4) is 0 Å². The van der Waals surface area contributed by atoms with Crippen molar-refractivity contribution >= 4 is 16.6 Å². The van der Waals surface area contributed by atoms with Crippen molar-refractivity contribution in [3.05, 3.63) is 90.0 Å². The number of hydrogen-bond donors (Lipinski definition) is 1. The molecule has 0 aliphatic carbocycles. The van der Waals surface area contributed by atoms with Gasteiger partial charge in [0.05, 0.1) is 11.1 Å². The van der Waals surface area contributed by atoms with E-state index in [-0.39, 0.29) is 0 Å². The SMILES string of the molecule is N#Cc1cc2ccc(Oc3ccc(N)cc3)nc2cc1OCc1ccccc1. The molecule has 0 fully saturated rings. The topological polar surface area (TPSA) is 81.2 Å². The van der Waals surface area contributed by atoms with Crippen molar-refractivity contribution in [3.8, 4) is 23.4 Å². The zero-order chi connectivity index (χ0) is 19.3. The van der Waals surface area contributed by atoms with Crippen LogP contribution in [0, 0.1) is 11.3 Å². The number of nitrogens with zero attached hydrogens (tertiary/aromatic N) is 2. The normalized spacial score (nSPS) is 10.4. The number of nitrogens with two attached hydrogens (primary N) is 1. The monoisotopic (exact) mass is 367 g/mol. The average molecular weight is 367 g/mol. The number of aromatic nitrogens is 1. The summed E-state index contributed by atoms with van der Waals surface area (Å²) in [6.07, 6.45) is 0. The van der Waals surface area contributed by atoms with Gasteiger partial charge in [0.15, 0.2) is 0 Å². The Bertz CT molecular complexity index is 1150. The highest BCUT2D eigenvalue weighted by Crippen LogP contribution is 2.28. The Morgan fingerprint density at radius 1 is 0.929 bits per heavy atom. The maximum Gasteiger partial charge on any atom is 0.219 e. The fourth-order valence-corrected chi connectivity index (χ4v) is 2.79. The minimum atomic E-state index is 0.378. The van der Waals surface area contributed by atoms with Crippen LogP contribution in [0.2, 0.25) is 0 Å². The first kappa shape index (κ1) is 17.4. The van der Waals surface area contributed by atoms with Gasteiger partial charge in [-0.2, -0.15) is 5.26 Å². The number of pyridine rings is 1. The highest BCUT2D eigenvalue weighted by molar-refractivity contribution is 5.83. The van der Waals surface area contributed by atoms with Crippen molar-refractivity contribution in [1.29, 1.82) is 5.26 Å². The summed E-state index contributed by atoms with van der Waals surface area (Å²) in [5.41, 5.74) is 8.55. The van der Waals surface area contributed by atoms with E-state index in [1.807, 2.05) is 36.4 Å². The molecule has 28 heavy (non-hydrogen) atoms. The van der Waals surface area contributed by atoms with Crippen molar-refractivity contribution in [2.24, 2.45) is 0 Å². The van der Waals surface area contributed by atoms with Crippen molar-refractivity contribution in [2.75, 3.05) is 5.73 Å². The van der Waals surface area contributed by atoms with Crippen molar-refractivity contribution in [1.82, 2.24) is 4.98 Å². The summed E-state index contributed by atoms with van der Waals surface area (Å²) in [4.78, 5) is 4.54. The molecule has 3 aromatic carbocycles. The van der Waals surface area contributed by atoms with Crippen LogP contribution >= 0.6 is 0 Å². The Balaban J connectivity index is 1.62. The number of nitriles is 1. The third kappa shape index (κ3) is 3.87. The fourth-order valence-electron chi connectivity index (χ4n) is 2.79. The van der Waals surface area contributed by atoms with Gasteiger partial charge in [-0.1, -0.05) is 30.3 Å². The predicted octanol–water partition coefficient (Wildman–Crippen LogP) is 5.06. The van der Waals surface area contributed by atoms with Gasteiger partial charge in [-0.05, 0) is 42.0 Å². The number of benzene rings is 3. The number of ether oxygens (including phenoxy) is 2. The second-order valence-electron chi connectivity index (χ2n) is 6.25. The third-order valence-electron chi connectivity index (χ3n) is 4.23. The van der Waals surface area contributed by atoms with Gasteiger partial charge in [0, 0.05) is 23.2 Å². The molecule has 0 radical (unpaired) electrons. The van der Waals surface area contributed by atoms with E-state index in [1.165, 1.54) is 0 Å². The number of rotatable bonds is 5. The quantitative estimate of drug-likeness (QED) is 0.499. The van der Waals surface area contributed by atoms with Crippen LogP contribution < -0.4 is 15.2 Å². The van der Waals surface area contributed by atoms with Gasteiger partial charge >= 0.3 is 0 Å². The second-order valence-corrected chi connectivity index (χ2v) is 6.25. The van der Waals surface area contributed by atoms with Crippen LogP contribution in [-0.4, -0.2) is 4.98 Å². The average Bonchev–Trinajstić information content (AvgIpc) is 2.74. The summed E-state index contributed by atoms with van der Waals surface area (Å²) in [6.45, 7) is 0.378. The van der Waals surface area contributed by atoms with Crippen LogP contribution in [0.4, 0.5) is 5.69 Å². The second kappa shape index (κ2) is 7.68. The van der Waals surface area contributed by atoms with Crippen molar-refractivity contribution in [3.63, 3.8) is 0 Å². The molecule has 5 nitrogen and oxygen atoms in total. The molecule has 0 amide bonds. The largest absolute Gasteiger partial charge is 0.487 e. The molecule has 0 atom stereocenters. The number of nitrogen functional groups attached to an aromatic ring is 1. The highest BCUT2D eigenvalue weighted by atomic mass is 16.5. The van der Waals surface area contributed by atoms with Gasteiger partial charge in [-0.15, -0.1) is 0 Å². The number of anilines is 1. The standard InChI is InChI=1S/C23H17N3O2/c24-14-18-12-17-6-11-23(28-20-9-7-19(25)8-10-20)26-21(17)13-22(18)27-15-16-4-2-1-3-5-16/h1-13H,15,25H2. The van der Waals surface area contributed by atoms with E-state index in [4.69, 9.17) is 15.2 Å². The zero-order valence-corrected chi connectivity index (χ0v) is 15.0. The first-order valence-corrected chi connectivity index (χ1v) is 8.76. The molecule has 1 aromatic heterocycles. The zero-order valence-electron chi connectivity index (χ0n) is 15.0. The van der Waals surface area contributed by atoms with Crippen LogP contribution in [0.25, 0.3) is 10.9 Å². The first-order valence-electron chi connectivity index (χ1n) is 8.76. The van der Waals surface area contributed by atoms with Crippen LogP contribution in [0.5, 0.6) is 17.4 Å². The van der Waals surface area contributed by atoms with Gasteiger partial charge in [-0.3, -0.25) is 0 Å². The third-order valence-corrected chi connectivity index (χ3v) is 4.23. The lowest BCUT2D eigenvalue weighted by Gasteiger charge is -2.10. The highest BCUT2D eigenvalue weighted by Gasteiger charge is 2.09. The molecule has 0 aliphatic heterocycles. The number of hydrogen-bond acceptors (Lipinski definition) is 5. The summed E-state index contributed by atoms with van der Waals surface area (Å²) in [5.74, 6) is 1.60. The molecule has 0 saturated carbocycles. The first-order chi connectivity index (χ1) is 13.7. The van der Waals surface area contributed by atoms with E-state index >= 15 is 0 Å². The lowest BCUT2D eigenvalue weighted by molar-refractivity contribution is 0.305. The smallest absolute Gasteiger partial charge is 0.219 e. The van der Waals surface area contributed by atoms with E-state index < -0.39 is 0 Å². The van der Waals surface area contributed by atoms with Crippen LogP contribution in [0.1, 0.15) is 11.1 Å². The van der Waals surface area contributed by atoms with Gasteiger partial charge in [0.1, 0.15) is 24.2 Å². The molecule has 5 heteroatoms. The van der Waals surface area contributed by atoms with Gasteiger partial charge in [-0.25, -0.2) is 4.98 Å². The molecule has 4 rings (SSSR count). The summed E-state index contributed by atoms with van der Waals surface area (Å²) in [5, 5.41) is 10.3. The Labute approximate surface area is 162 Å². The number of fused-ring (bicyclic) bond motifs is 1. The van der Waals surface area contributed by atoms with Gasteiger partial charge < -0.3 is 15.2 Å². The van der Waals surface area contributed by atoms with Crippen molar-refractivity contribution < 1.29 is 9.47 Å². The molecular formula is C23H17N3O2. The fraction of sp³-hybridized carbons (Fsp3) is 0.0435. The molecule has 136 valence electrons. The van der Waals surface area contributed by atoms with Gasteiger partial charge in [0.2, 0.25) is 5.88 Å². The lowest BCUT2D eigenvalue weighted by Crippen LogP contribution is -1.98. The molecule has 0 unspecified atom stereocenters. The Morgan fingerprint density at radius 3 is 2.46 bits per heavy atom. The molecular weight excluding hydrogens is 350 g/mol. The molecule has 2 N–H and O–H groups in total. The molecule has 1 heterocycles. The summed E-state index contributed by atoms with van der Waals surface area (Å²) in [7, 11) is 0. The predicted molar refractivity (Wildman–Crippen MR) is 108 cm³/mol. The summed E-state index contributed by atoms with van der Waals surface area (Å²) >= 11 is 0. The van der Waals surface area contributed by atoms with Crippen LogP contribution in [-0.2, 0) is 6.61 Å². The van der Waals surface area contributed by atoms with E-state index in [2.05, 4.69) is 11.1 Å². The molecule has 0 saturated heterocycles. The Hall–Kier alpha value is -4.04. The minimum Gasteiger partial charge on any atom is -0.487 e. The lowest BCUT2D eigenvalue weighted by atomic mass is 10.1. The maximum atomic E-state index is 9.46. The van der Waals surface area contributed by atoms with Gasteiger partial charge in [0.25, 0.3) is 0 Å². The molecule has 4 aromatic rings. The summed E-state index contributed by atoms with van der Waals surface area (Å²) in [6, 6.07) is 26.3. The molecule has 0 aliphatic rings.